The molecule has 4 aliphatic rings. The molecule has 1 amide bonds. The zero-order valence-electron chi connectivity index (χ0n) is 18.8. The van der Waals surface area contributed by atoms with E-state index in [0.717, 1.165) is 25.7 Å². The lowest BCUT2D eigenvalue weighted by Crippen LogP contribution is -2.56. The van der Waals surface area contributed by atoms with E-state index >= 15 is 0 Å². The molecule has 0 aromatic heterocycles. The van der Waals surface area contributed by atoms with Gasteiger partial charge < -0.3 is 15.3 Å². The van der Waals surface area contributed by atoms with Crippen LogP contribution in [-0.2, 0) is 10.4 Å². The first kappa shape index (κ1) is 24.0. The maximum Gasteiger partial charge on any atom is 0.257 e. The first-order chi connectivity index (χ1) is 16.2. The second-order valence-corrected chi connectivity index (χ2v) is 10.5. The van der Waals surface area contributed by atoms with Gasteiger partial charge in [-0.1, -0.05) is 43.2 Å². The number of piperidine rings is 1. The molecule has 4 fully saturated rings. The van der Waals surface area contributed by atoms with Gasteiger partial charge in [-0.15, -0.1) is 0 Å². The van der Waals surface area contributed by atoms with Gasteiger partial charge in [-0.25, -0.2) is 22.0 Å². The molecule has 4 nitrogen and oxygen atoms in total. The van der Waals surface area contributed by atoms with Gasteiger partial charge in [0.05, 0.1) is 0 Å². The van der Waals surface area contributed by atoms with E-state index in [0.29, 0.717) is 18.7 Å². The maximum atomic E-state index is 14.2. The summed E-state index contributed by atoms with van der Waals surface area (Å²) in [5.74, 6) is -2.06. The van der Waals surface area contributed by atoms with Crippen molar-refractivity contribution in [2.75, 3.05) is 19.6 Å². The number of rotatable bonds is 6. The average molecular weight is 487 g/mol. The number of benzene rings is 1. The van der Waals surface area contributed by atoms with Crippen molar-refractivity contribution < 1.29 is 31.9 Å². The molecule has 0 radical (unpaired) electrons. The second kappa shape index (κ2) is 9.04. The Morgan fingerprint density at radius 2 is 1.44 bits per heavy atom. The summed E-state index contributed by atoms with van der Waals surface area (Å²) in [5.41, 5.74) is -1.05. The van der Waals surface area contributed by atoms with Crippen LogP contribution in [0.1, 0.15) is 31.2 Å². The molecule has 8 atom stereocenters. The minimum atomic E-state index is -2.78. The van der Waals surface area contributed by atoms with E-state index in [-0.39, 0.29) is 30.3 Å². The first-order valence-electron chi connectivity index (χ1n) is 12.2. The number of fused-ring (bicyclic) bond motifs is 1. The molecule has 6 unspecified atom stereocenters. The van der Waals surface area contributed by atoms with Crippen molar-refractivity contribution in [3.05, 3.63) is 35.9 Å². The number of nitrogens with zero attached hydrogens (tertiary/aromatic N) is 1. The van der Waals surface area contributed by atoms with Crippen molar-refractivity contribution in [1.29, 1.82) is 0 Å². The number of hydrogen-bond donors (Lipinski definition) is 2. The molecular formula is C25H31F5N2O2. The second-order valence-electron chi connectivity index (χ2n) is 10.5. The third-order valence-corrected chi connectivity index (χ3v) is 8.58. The van der Waals surface area contributed by atoms with E-state index in [1.54, 1.807) is 29.2 Å². The van der Waals surface area contributed by atoms with Gasteiger partial charge in [-0.2, -0.15) is 0 Å². The Labute approximate surface area is 195 Å². The van der Waals surface area contributed by atoms with E-state index in [4.69, 9.17) is 0 Å². The molecule has 3 aliphatic carbocycles. The zero-order valence-corrected chi connectivity index (χ0v) is 18.8. The molecule has 5 rings (SSSR count). The number of hydrogen-bond acceptors (Lipinski definition) is 3. The zero-order chi connectivity index (χ0) is 24.2. The number of nitrogens with one attached hydrogen (secondary N) is 1. The smallest absolute Gasteiger partial charge is 0.257 e. The molecule has 1 aromatic rings. The van der Waals surface area contributed by atoms with Crippen molar-refractivity contribution >= 4 is 5.91 Å². The van der Waals surface area contributed by atoms with Gasteiger partial charge in [-0.3, -0.25) is 4.79 Å². The van der Waals surface area contributed by atoms with Gasteiger partial charge in [0, 0.05) is 37.5 Å². The molecule has 1 aromatic carbocycles. The fraction of sp³-hybridized carbons (Fsp3) is 0.720. The molecule has 9 heteroatoms. The van der Waals surface area contributed by atoms with Gasteiger partial charge in [-0.05, 0) is 30.2 Å². The number of carbonyl (C=O) groups is 1. The summed E-state index contributed by atoms with van der Waals surface area (Å²) in [5, 5.41) is 14.6. The number of alkyl halides is 5. The van der Waals surface area contributed by atoms with Crippen LogP contribution >= 0.6 is 0 Å². The maximum absolute atomic E-state index is 14.2. The normalized spacial score (nSPS) is 42.2. The van der Waals surface area contributed by atoms with Gasteiger partial charge in [0.15, 0.2) is 24.1 Å². The van der Waals surface area contributed by atoms with Gasteiger partial charge >= 0.3 is 0 Å². The van der Waals surface area contributed by atoms with Gasteiger partial charge in [0.25, 0.3) is 5.91 Å². The molecule has 188 valence electrons. The fourth-order valence-electron chi connectivity index (χ4n) is 6.50. The Bertz CT molecular complexity index is 859. The standard InChI is InChI=1S/C25H31F5N2O2/c26-18-17(19(27)21(29)22(30)20(18)28)12-32-10-15-16(11-32)23(15)31-24(33)25(34,14-8-4-5-9-14)13-6-2-1-3-7-13/h1-3,6-7,14-23,34H,4-5,8-12H2,(H,31,33)/t15-,16+,17?,18?,19?,20?,21?,22?,23?,25?. The highest BCUT2D eigenvalue weighted by Crippen LogP contribution is 2.48. The molecule has 1 aliphatic heterocycles. The molecule has 3 saturated carbocycles. The SMILES string of the molecule is O=C(NC1[C@H]2CN(CC3C(F)C(F)C(F)C(F)C3F)C[C@@H]12)C(O)(c1ccccc1)C1CCCC1. The molecule has 34 heavy (non-hydrogen) atoms. The van der Waals surface area contributed by atoms with Crippen molar-refractivity contribution in [2.45, 2.75) is 68.2 Å². The Morgan fingerprint density at radius 1 is 0.912 bits per heavy atom. The van der Waals surface area contributed by atoms with Crippen LogP contribution in [0.2, 0.25) is 0 Å². The van der Waals surface area contributed by atoms with Crippen LogP contribution in [0.15, 0.2) is 30.3 Å². The highest BCUT2D eigenvalue weighted by Gasteiger charge is 2.60. The minimum Gasteiger partial charge on any atom is -0.375 e. The Morgan fingerprint density at radius 3 is 2.00 bits per heavy atom. The summed E-state index contributed by atoms with van der Waals surface area (Å²) in [6.45, 7) is 0.650. The van der Waals surface area contributed by atoms with Crippen LogP contribution in [-0.4, -0.2) is 72.4 Å². The number of carbonyl (C=O) groups excluding carboxylic acids is 1. The third-order valence-electron chi connectivity index (χ3n) is 8.58. The molecule has 1 heterocycles. The molecule has 0 bridgehead atoms. The van der Waals surface area contributed by atoms with Crippen LogP contribution in [0, 0.1) is 23.7 Å². The van der Waals surface area contributed by atoms with Crippen LogP contribution in [0.5, 0.6) is 0 Å². The third kappa shape index (κ3) is 3.92. The lowest BCUT2D eigenvalue weighted by Gasteiger charge is -2.38. The Hall–Kier alpha value is -1.74. The van der Waals surface area contributed by atoms with E-state index < -0.39 is 48.3 Å². The highest BCUT2D eigenvalue weighted by molar-refractivity contribution is 5.87. The lowest BCUT2D eigenvalue weighted by molar-refractivity contribution is -0.147. The predicted molar refractivity (Wildman–Crippen MR) is 116 cm³/mol. The van der Waals surface area contributed by atoms with Crippen LogP contribution < -0.4 is 5.32 Å². The number of likely N-dealkylation sites (tertiary alicyclic amines) is 1. The summed E-state index contributed by atoms with van der Waals surface area (Å²) in [7, 11) is 0. The molecule has 2 N–H and O–H groups in total. The van der Waals surface area contributed by atoms with E-state index in [1.165, 1.54) is 0 Å². The predicted octanol–water partition coefficient (Wildman–Crippen LogP) is 3.43. The number of amides is 1. The van der Waals surface area contributed by atoms with Crippen molar-refractivity contribution in [3.8, 4) is 0 Å². The quantitative estimate of drug-likeness (QED) is 0.606. The summed E-state index contributed by atoms with van der Waals surface area (Å²) in [4.78, 5) is 15.1. The van der Waals surface area contributed by atoms with Crippen molar-refractivity contribution in [2.24, 2.45) is 23.7 Å². The number of aliphatic hydroxyl groups is 1. The van der Waals surface area contributed by atoms with E-state index in [9.17, 15) is 31.9 Å². The summed E-state index contributed by atoms with van der Waals surface area (Å²) < 4.78 is 69.4. The summed E-state index contributed by atoms with van der Waals surface area (Å²) >= 11 is 0. The largest absolute Gasteiger partial charge is 0.375 e. The first-order valence-corrected chi connectivity index (χ1v) is 12.2. The van der Waals surface area contributed by atoms with Crippen LogP contribution in [0.25, 0.3) is 0 Å². The average Bonchev–Trinajstić information content (AvgIpc) is 3.26. The number of halogens is 5. The van der Waals surface area contributed by atoms with E-state index in [2.05, 4.69) is 5.32 Å². The van der Waals surface area contributed by atoms with Gasteiger partial charge in [0.1, 0.15) is 12.3 Å². The van der Waals surface area contributed by atoms with Crippen molar-refractivity contribution in [3.63, 3.8) is 0 Å². The molecule has 0 spiro atoms. The fourth-order valence-corrected chi connectivity index (χ4v) is 6.50. The molecular weight excluding hydrogens is 455 g/mol. The summed E-state index contributed by atoms with van der Waals surface area (Å²) in [6.07, 6.45) is -9.43. The molecule has 1 saturated heterocycles. The Balaban J connectivity index is 1.20. The topological polar surface area (TPSA) is 52.6 Å². The van der Waals surface area contributed by atoms with Crippen LogP contribution in [0.4, 0.5) is 22.0 Å². The van der Waals surface area contributed by atoms with Crippen molar-refractivity contribution in [1.82, 2.24) is 10.2 Å². The lowest BCUT2D eigenvalue weighted by atomic mass is 9.79. The minimum absolute atomic E-state index is 0.0449. The highest BCUT2D eigenvalue weighted by atomic mass is 19.2. The monoisotopic (exact) mass is 486 g/mol. The van der Waals surface area contributed by atoms with Crippen LogP contribution in [0.3, 0.4) is 0 Å². The van der Waals surface area contributed by atoms with E-state index in [1.807, 2.05) is 6.07 Å². The summed E-state index contributed by atoms with van der Waals surface area (Å²) in [6, 6.07) is 8.78. The van der Waals surface area contributed by atoms with Gasteiger partial charge in [0.2, 0.25) is 0 Å². The Kier molecular flexibility index (Phi) is 6.38.